The fourth-order valence-corrected chi connectivity index (χ4v) is 3.39. The number of anilines is 1. The van der Waals surface area contributed by atoms with Crippen molar-refractivity contribution in [2.45, 2.75) is 31.8 Å². The van der Waals surface area contributed by atoms with E-state index in [2.05, 4.69) is 19.9 Å². The summed E-state index contributed by atoms with van der Waals surface area (Å²) in [5.41, 5.74) is 0.821. The second kappa shape index (κ2) is 7.78. The van der Waals surface area contributed by atoms with E-state index in [9.17, 15) is 9.90 Å². The molecule has 0 saturated carbocycles. The molecule has 138 valence electrons. The molecule has 1 atom stereocenters. The third-order valence-electron chi connectivity index (χ3n) is 4.70. The average Bonchev–Trinajstić information content (AvgIpc) is 2.62. The molecule has 0 bridgehead atoms. The summed E-state index contributed by atoms with van der Waals surface area (Å²) < 4.78 is 0. The molecule has 0 aromatic carbocycles. The van der Waals surface area contributed by atoms with E-state index in [1.807, 2.05) is 25.1 Å². The van der Waals surface area contributed by atoms with E-state index in [-0.39, 0.29) is 12.3 Å². The minimum absolute atomic E-state index is 0.0265. The number of piperidine rings is 1. The van der Waals surface area contributed by atoms with Gasteiger partial charge in [0.05, 0.1) is 18.6 Å². The maximum absolute atomic E-state index is 12.5. The van der Waals surface area contributed by atoms with Gasteiger partial charge in [-0.1, -0.05) is 6.07 Å². The number of β-amino-alcohol motifs (C(OH)–C–C–N with tert-alkyl or cyclic N) is 1. The number of hydrogen-bond acceptors (Lipinski definition) is 6. The van der Waals surface area contributed by atoms with E-state index in [0.29, 0.717) is 19.5 Å². The zero-order valence-electron chi connectivity index (χ0n) is 15.3. The molecule has 0 aliphatic carbocycles. The highest BCUT2D eigenvalue weighted by Crippen LogP contribution is 2.25. The minimum Gasteiger partial charge on any atom is -0.386 e. The predicted octanol–water partition coefficient (Wildman–Crippen LogP) is 1.21. The van der Waals surface area contributed by atoms with Crippen LogP contribution in [0.4, 0.5) is 5.82 Å². The van der Waals surface area contributed by atoms with Gasteiger partial charge < -0.3 is 14.9 Å². The van der Waals surface area contributed by atoms with E-state index in [1.54, 1.807) is 30.7 Å². The summed E-state index contributed by atoms with van der Waals surface area (Å²) in [4.78, 5) is 28.6. The van der Waals surface area contributed by atoms with Crippen molar-refractivity contribution in [1.82, 2.24) is 19.9 Å². The Morgan fingerprint density at radius 3 is 3.00 bits per heavy atom. The van der Waals surface area contributed by atoms with Crippen molar-refractivity contribution in [2.24, 2.45) is 0 Å². The van der Waals surface area contributed by atoms with E-state index >= 15 is 0 Å². The van der Waals surface area contributed by atoms with Gasteiger partial charge >= 0.3 is 0 Å². The van der Waals surface area contributed by atoms with Crippen LogP contribution in [0, 0.1) is 6.92 Å². The normalized spacial score (nSPS) is 20.0. The predicted molar refractivity (Wildman–Crippen MR) is 98.7 cm³/mol. The van der Waals surface area contributed by atoms with Crippen LogP contribution in [-0.2, 0) is 11.2 Å². The van der Waals surface area contributed by atoms with E-state index in [0.717, 1.165) is 30.0 Å². The van der Waals surface area contributed by atoms with Gasteiger partial charge in [0.25, 0.3) is 0 Å². The van der Waals surface area contributed by atoms with Gasteiger partial charge in [0.15, 0.2) is 0 Å². The van der Waals surface area contributed by atoms with Gasteiger partial charge in [-0.05, 0) is 31.4 Å². The summed E-state index contributed by atoms with van der Waals surface area (Å²) >= 11 is 0. The summed E-state index contributed by atoms with van der Waals surface area (Å²) in [6, 6.07) is 5.62. The van der Waals surface area contributed by atoms with Gasteiger partial charge in [-0.15, -0.1) is 0 Å². The van der Waals surface area contributed by atoms with Crippen LogP contribution < -0.4 is 4.90 Å². The molecule has 0 spiro atoms. The molecule has 3 heterocycles. The molecule has 7 heteroatoms. The Bertz CT molecular complexity index is 755. The lowest BCUT2D eigenvalue weighted by Crippen LogP contribution is -2.55. The van der Waals surface area contributed by atoms with Gasteiger partial charge in [0, 0.05) is 44.3 Å². The molecule has 26 heavy (non-hydrogen) atoms. The molecule has 1 aliphatic rings. The monoisotopic (exact) mass is 355 g/mol. The van der Waals surface area contributed by atoms with Crippen molar-refractivity contribution in [1.29, 1.82) is 0 Å². The summed E-state index contributed by atoms with van der Waals surface area (Å²) in [6.07, 6.45) is 6.73. The van der Waals surface area contributed by atoms with Crippen LogP contribution in [0.15, 0.2) is 36.9 Å². The Hall–Kier alpha value is -2.54. The SMILES string of the molecule is Cc1cc(N2CCC[C@@](O)(CN(C)C(=O)Cc3cccnc3)C2)ncn1. The number of pyridine rings is 1. The summed E-state index contributed by atoms with van der Waals surface area (Å²) in [5, 5.41) is 11.1. The zero-order valence-corrected chi connectivity index (χ0v) is 15.3. The molecule has 0 radical (unpaired) electrons. The first-order valence-corrected chi connectivity index (χ1v) is 8.84. The number of aromatic nitrogens is 3. The van der Waals surface area contributed by atoms with Crippen molar-refractivity contribution >= 4 is 11.7 Å². The van der Waals surface area contributed by atoms with Crippen molar-refractivity contribution in [3.8, 4) is 0 Å². The smallest absolute Gasteiger partial charge is 0.226 e. The topological polar surface area (TPSA) is 82.5 Å². The van der Waals surface area contributed by atoms with E-state index in [1.165, 1.54) is 0 Å². The molecule has 2 aromatic rings. The summed E-state index contributed by atoms with van der Waals surface area (Å²) in [6.45, 7) is 3.51. The number of hydrogen-bond donors (Lipinski definition) is 1. The third kappa shape index (κ3) is 4.54. The van der Waals surface area contributed by atoms with Crippen molar-refractivity contribution in [3.63, 3.8) is 0 Å². The van der Waals surface area contributed by atoms with Crippen molar-refractivity contribution in [3.05, 3.63) is 48.2 Å². The van der Waals surface area contributed by atoms with Gasteiger partial charge in [-0.3, -0.25) is 9.78 Å². The molecule has 3 rings (SSSR count). The number of likely N-dealkylation sites (N-methyl/N-ethyl adjacent to an activating group) is 1. The van der Waals surface area contributed by atoms with Crippen LogP contribution in [0.2, 0.25) is 0 Å². The molecule has 1 aliphatic heterocycles. The average molecular weight is 355 g/mol. The molecule has 0 unspecified atom stereocenters. The highest BCUT2D eigenvalue weighted by atomic mass is 16.3. The number of carbonyl (C=O) groups is 1. The first-order valence-electron chi connectivity index (χ1n) is 8.84. The van der Waals surface area contributed by atoms with E-state index < -0.39 is 5.60 Å². The molecule has 1 N–H and O–H groups in total. The van der Waals surface area contributed by atoms with Crippen LogP contribution in [0.25, 0.3) is 0 Å². The van der Waals surface area contributed by atoms with Crippen LogP contribution in [0.5, 0.6) is 0 Å². The number of rotatable bonds is 5. The molecule has 2 aromatic heterocycles. The number of aryl methyl sites for hydroxylation is 1. The molecular weight excluding hydrogens is 330 g/mol. The van der Waals surface area contributed by atoms with Gasteiger partial charge in [0.1, 0.15) is 12.1 Å². The number of carbonyl (C=O) groups excluding carboxylic acids is 1. The number of aliphatic hydroxyl groups is 1. The maximum Gasteiger partial charge on any atom is 0.226 e. The van der Waals surface area contributed by atoms with Crippen LogP contribution in [-0.4, -0.2) is 63.1 Å². The zero-order chi connectivity index (χ0) is 18.6. The van der Waals surface area contributed by atoms with Crippen LogP contribution in [0.1, 0.15) is 24.1 Å². The second-order valence-electron chi connectivity index (χ2n) is 7.05. The Balaban J connectivity index is 1.63. The Kier molecular flexibility index (Phi) is 5.46. The Morgan fingerprint density at radius 1 is 1.42 bits per heavy atom. The fraction of sp³-hybridized carbons (Fsp3) is 0.474. The van der Waals surface area contributed by atoms with Gasteiger partial charge in [-0.25, -0.2) is 9.97 Å². The minimum atomic E-state index is -0.948. The summed E-state index contributed by atoms with van der Waals surface area (Å²) in [7, 11) is 1.74. The first kappa shape index (κ1) is 18.3. The van der Waals surface area contributed by atoms with Crippen LogP contribution in [0.3, 0.4) is 0 Å². The highest BCUT2D eigenvalue weighted by Gasteiger charge is 2.35. The van der Waals surface area contributed by atoms with Crippen LogP contribution >= 0.6 is 0 Å². The van der Waals surface area contributed by atoms with Gasteiger partial charge in [0.2, 0.25) is 5.91 Å². The lowest BCUT2D eigenvalue weighted by atomic mass is 9.92. The lowest BCUT2D eigenvalue weighted by Gasteiger charge is -2.41. The molecule has 1 fully saturated rings. The standard InChI is InChI=1S/C19H25N5O2/c1-15-9-17(22-14-21-15)24-8-4-6-19(26,13-24)12-23(2)18(25)10-16-5-3-7-20-11-16/h3,5,7,9,11,14,26H,4,6,8,10,12-13H2,1-2H3/t19-/m1/s1. The number of amides is 1. The van der Waals surface area contributed by atoms with Crippen molar-refractivity contribution in [2.75, 3.05) is 31.6 Å². The fourth-order valence-electron chi connectivity index (χ4n) is 3.39. The largest absolute Gasteiger partial charge is 0.386 e. The van der Waals surface area contributed by atoms with E-state index in [4.69, 9.17) is 0 Å². The summed E-state index contributed by atoms with van der Waals surface area (Å²) in [5.74, 6) is 0.793. The lowest BCUT2D eigenvalue weighted by molar-refractivity contribution is -0.132. The first-order chi connectivity index (χ1) is 12.5. The molecule has 7 nitrogen and oxygen atoms in total. The molecule has 1 saturated heterocycles. The molecular formula is C19H25N5O2. The maximum atomic E-state index is 12.5. The number of nitrogens with zero attached hydrogens (tertiary/aromatic N) is 5. The molecule has 1 amide bonds. The quantitative estimate of drug-likeness (QED) is 0.868. The second-order valence-corrected chi connectivity index (χ2v) is 7.05. The van der Waals surface area contributed by atoms with Gasteiger partial charge in [-0.2, -0.15) is 0 Å². The third-order valence-corrected chi connectivity index (χ3v) is 4.70. The van der Waals surface area contributed by atoms with Crippen molar-refractivity contribution < 1.29 is 9.90 Å². The Morgan fingerprint density at radius 2 is 2.27 bits per heavy atom. The highest BCUT2D eigenvalue weighted by molar-refractivity contribution is 5.78. The Labute approximate surface area is 153 Å².